The van der Waals surface area contributed by atoms with Crippen molar-refractivity contribution < 1.29 is 14.3 Å². The molecule has 0 aromatic rings. The van der Waals surface area contributed by atoms with Crippen molar-refractivity contribution in [2.45, 2.75) is 33.1 Å². The van der Waals surface area contributed by atoms with E-state index >= 15 is 0 Å². The molecule has 0 saturated heterocycles. The third kappa shape index (κ3) is 3.18. The van der Waals surface area contributed by atoms with Crippen molar-refractivity contribution in [3.05, 3.63) is 12.7 Å². The lowest BCUT2D eigenvalue weighted by Gasteiger charge is -2.35. The van der Waals surface area contributed by atoms with Crippen molar-refractivity contribution in [1.29, 1.82) is 0 Å². The molecule has 0 amide bonds. The van der Waals surface area contributed by atoms with Gasteiger partial charge < -0.3 is 4.74 Å². The van der Waals surface area contributed by atoms with Crippen LogP contribution in [0.5, 0.6) is 0 Å². The first kappa shape index (κ1) is 13.9. The lowest BCUT2D eigenvalue weighted by molar-refractivity contribution is -0.150. The molecule has 3 atom stereocenters. The van der Waals surface area contributed by atoms with Gasteiger partial charge in [0.15, 0.2) is 5.78 Å². The van der Waals surface area contributed by atoms with Gasteiger partial charge in [-0.2, -0.15) is 0 Å². The van der Waals surface area contributed by atoms with Crippen LogP contribution in [0.15, 0.2) is 12.7 Å². The summed E-state index contributed by atoms with van der Waals surface area (Å²) in [5.74, 6) is 0.468. The Morgan fingerprint density at radius 3 is 2.47 bits per heavy atom. The van der Waals surface area contributed by atoms with Gasteiger partial charge in [-0.15, -0.1) is 0 Å². The molecule has 96 valence electrons. The summed E-state index contributed by atoms with van der Waals surface area (Å²) in [5, 5.41) is 0. The average Bonchev–Trinajstić information content (AvgIpc) is 2.35. The fourth-order valence-electron chi connectivity index (χ4n) is 2.84. The van der Waals surface area contributed by atoms with Gasteiger partial charge in [0, 0.05) is 5.92 Å². The number of carbonyl (C=O) groups excluding carboxylic acids is 2. The van der Waals surface area contributed by atoms with Crippen LogP contribution in [0.1, 0.15) is 33.1 Å². The van der Waals surface area contributed by atoms with E-state index in [-0.39, 0.29) is 23.6 Å². The molecule has 0 aromatic carbocycles. The molecule has 1 aliphatic carbocycles. The van der Waals surface area contributed by atoms with Crippen molar-refractivity contribution in [1.82, 2.24) is 0 Å². The van der Waals surface area contributed by atoms with E-state index in [2.05, 4.69) is 20.4 Å². The van der Waals surface area contributed by atoms with Crippen molar-refractivity contribution in [3.8, 4) is 0 Å². The quantitative estimate of drug-likeness (QED) is 0.558. The maximum absolute atomic E-state index is 11.8. The molecule has 1 rings (SSSR count). The normalized spacial score (nSPS) is 28.8. The molecular weight excluding hydrogens is 216 g/mol. The molecule has 0 bridgehead atoms. The van der Waals surface area contributed by atoms with Gasteiger partial charge in [0.05, 0.1) is 13.0 Å². The Bertz CT molecular complexity index is 307. The fraction of sp³-hybridized carbons (Fsp3) is 0.714. The number of ether oxygens (including phenoxy) is 1. The van der Waals surface area contributed by atoms with Crippen LogP contribution in [0.2, 0.25) is 0 Å². The Morgan fingerprint density at radius 1 is 1.35 bits per heavy atom. The summed E-state index contributed by atoms with van der Waals surface area (Å²) in [6, 6.07) is 0. The number of allylic oxidation sites excluding steroid dienone is 1. The maximum atomic E-state index is 11.8. The third-order valence-electron chi connectivity index (χ3n) is 3.87. The molecule has 0 aliphatic heterocycles. The third-order valence-corrected chi connectivity index (χ3v) is 3.87. The van der Waals surface area contributed by atoms with Gasteiger partial charge >= 0.3 is 5.97 Å². The largest absolute Gasteiger partial charge is 0.469 e. The summed E-state index contributed by atoms with van der Waals surface area (Å²) in [6.45, 7) is 7.76. The highest BCUT2D eigenvalue weighted by Crippen LogP contribution is 2.39. The zero-order chi connectivity index (χ0) is 13.0. The van der Waals surface area contributed by atoms with E-state index in [4.69, 9.17) is 4.74 Å². The lowest BCUT2D eigenvalue weighted by Crippen LogP contribution is -2.36. The van der Waals surface area contributed by atoms with E-state index < -0.39 is 0 Å². The fourth-order valence-corrected chi connectivity index (χ4v) is 2.84. The number of methoxy groups -OCH3 is 1. The highest BCUT2D eigenvalue weighted by Gasteiger charge is 2.38. The number of hydrogen-bond donors (Lipinski definition) is 0. The first-order chi connectivity index (χ1) is 8.01. The van der Waals surface area contributed by atoms with Crippen LogP contribution in [0.25, 0.3) is 0 Å². The summed E-state index contributed by atoms with van der Waals surface area (Å²) < 4.78 is 4.86. The second kappa shape index (κ2) is 5.99. The van der Waals surface area contributed by atoms with Crippen LogP contribution in [0, 0.1) is 23.7 Å². The Kier molecular flexibility index (Phi) is 4.91. The zero-order valence-electron chi connectivity index (χ0n) is 10.9. The predicted molar refractivity (Wildman–Crippen MR) is 66.4 cm³/mol. The van der Waals surface area contributed by atoms with Gasteiger partial charge in [0.25, 0.3) is 0 Å². The standard InChI is InChI=1S/C14H22O3/c1-5-13(15)10-6-7-11(9(2)3)12(8-10)14(16)17-4/h5,9-12H,1,6-8H2,2-4H3. The van der Waals surface area contributed by atoms with Crippen LogP contribution < -0.4 is 0 Å². The Balaban J connectivity index is 2.80. The van der Waals surface area contributed by atoms with Crippen molar-refractivity contribution in [3.63, 3.8) is 0 Å². The predicted octanol–water partition coefficient (Wildman–Crippen LogP) is 2.60. The van der Waals surface area contributed by atoms with Crippen LogP contribution in [0.4, 0.5) is 0 Å². The van der Waals surface area contributed by atoms with E-state index in [1.807, 2.05) is 0 Å². The smallest absolute Gasteiger partial charge is 0.308 e. The van der Waals surface area contributed by atoms with Gasteiger partial charge in [0.2, 0.25) is 0 Å². The average molecular weight is 238 g/mol. The summed E-state index contributed by atoms with van der Waals surface area (Å²) in [4.78, 5) is 23.4. The molecule has 0 spiro atoms. The van der Waals surface area contributed by atoms with Crippen LogP contribution >= 0.6 is 0 Å². The number of ketones is 1. The molecule has 1 saturated carbocycles. The minimum atomic E-state index is -0.176. The molecule has 3 unspecified atom stereocenters. The molecule has 0 N–H and O–H groups in total. The van der Waals surface area contributed by atoms with Crippen molar-refractivity contribution in [2.75, 3.05) is 7.11 Å². The maximum Gasteiger partial charge on any atom is 0.308 e. The summed E-state index contributed by atoms with van der Waals surface area (Å²) in [5.41, 5.74) is 0. The topological polar surface area (TPSA) is 43.4 Å². The SMILES string of the molecule is C=CC(=O)C1CCC(C(C)C)C(C(=O)OC)C1. The monoisotopic (exact) mass is 238 g/mol. The molecule has 0 aromatic heterocycles. The van der Waals surface area contributed by atoms with Gasteiger partial charge in [-0.1, -0.05) is 20.4 Å². The van der Waals surface area contributed by atoms with Gasteiger partial charge in [-0.05, 0) is 37.2 Å². The molecule has 17 heavy (non-hydrogen) atoms. The Morgan fingerprint density at radius 2 is 2.00 bits per heavy atom. The Labute approximate surface area is 103 Å². The van der Waals surface area contributed by atoms with Gasteiger partial charge in [-0.25, -0.2) is 0 Å². The van der Waals surface area contributed by atoms with Crippen molar-refractivity contribution in [2.24, 2.45) is 23.7 Å². The minimum absolute atomic E-state index is 0.0494. The van der Waals surface area contributed by atoms with E-state index in [1.54, 1.807) is 0 Å². The van der Waals surface area contributed by atoms with Crippen LogP contribution in [-0.2, 0) is 14.3 Å². The van der Waals surface area contributed by atoms with Gasteiger partial charge in [-0.3, -0.25) is 9.59 Å². The first-order valence-electron chi connectivity index (χ1n) is 6.25. The number of carbonyl (C=O) groups is 2. The Hall–Kier alpha value is -1.12. The molecule has 0 heterocycles. The molecule has 3 heteroatoms. The molecular formula is C14H22O3. The second-order valence-corrected chi connectivity index (χ2v) is 5.15. The van der Waals surface area contributed by atoms with E-state index in [0.29, 0.717) is 18.3 Å². The highest BCUT2D eigenvalue weighted by atomic mass is 16.5. The summed E-state index contributed by atoms with van der Waals surface area (Å²) >= 11 is 0. The molecule has 1 aliphatic rings. The first-order valence-corrected chi connectivity index (χ1v) is 6.25. The summed E-state index contributed by atoms with van der Waals surface area (Å²) in [7, 11) is 1.42. The number of rotatable bonds is 4. The number of hydrogen-bond acceptors (Lipinski definition) is 3. The highest BCUT2D eigenvalue weighted by molar-refractivity contribution is 5.91. The van der Waals surface area contributed by atoms with E-state index in [1.165, 1.54) is 13.2 Å². The molecule has 1 fully saturated rings. The van der Waals surface area contributed by atoms with Crippen LogP contribution in [0.3, 0.4) is 0 Å². The minimum Gasteiger partial charge on any atom is -0.469 e. The van der Waals surface area contributed by atoms with Crippen LogP contribution in [-0.4, -0.2) is 18.9 Å². The van der Waals surface area contributed by atoms with E-state index in [0.717, 1.165) is 12.8 Å². The molecule has 0 radical (unpaired) electrons. The second-order valence-electron chi connectivity index (χ2n) is 5.15. The van der Waals surface area contributed by atoms with E-state index in [9.17, 15) is 9.59 Å². The number of esters is 1. The summed E-state index contributed by atoms with van der Waals surface area (Å²) in [6.07, 6.45) is 3.76. The lowest BCUT2D eigenvalue weighted by atomic mass is 9.68. The molecule has 3 nitrogen and oxygen atoms in total. The van der Waals surface area contributed by atoms with Gasteiger partial charge in [0.1, 0.15) is 0 Å². The van der Waals surface area contributed by atoms with Crippen molar-refractivity contribution >= 4 is 11.8 Å². The zero-order valence-corrected chi connectivity index (χ0v) is 10.9.